The van der Waals surface area contributed by atoms with Gasteiger partial charge < -0.3 is 15.2 Å². The summed E-state index contributed by atoms with van der Waals surface area (Å²) in [5.41, 5.74) is 8.89. The predicted molar refractivity (Wildman–Crippen MR) is 90.3 cm³/mol. The Labute approximate surface area is 134 Å². The molecule has 3 nitrogen and oxygen atoms in total. The maximum Gasteiger partial charge on any atom is 0.154 e. The summed E-state index contributed by atoms with van der Waals surface area (Å²) in [4.78, 5) is 0. The maximum atomic E-state index is 6.13. The molecule has 0 heterocycles. The first-order chi connectivity index (χ1) is 9.88. The number of rotatable bonds is 4. The monoisotopic (exact) mass is 349 g/mol. The lowest BCUT2D eigenvalue weighted by Crippen LogP contribution is -2.07. The molecule has 0 radical (unpaired) electrons. The minimum Gasteiger partial charge on any atom is -0.489 e. The standard InChI is InChI=1S/C17H20BrNO2/c1-10(2)20-14-6-5-7-15(17(14)19)21-13-8-11(3)16(18)12(4)9-13/h5-10H,19H2,1-4H3. The quantitative estimate of drug-likeness (QED) is 0.768. The third kappa shape index (κ3) is 3.70. The zero-order valence-corrected chi connectivity index (χ0v) is 14.3. The number of hydrogen-bond acceptors (Lipinski definition) is 3. The van der Waals surface area contributed by atoms with Crippen molar-refractivity contribution in [2.75, 3.05) is 5.73 Å². The van der Waals surface area contributed by atoms with Gasteiger partial charge in [0.05, 0.1) is 6.10 Å². The Kier molecular flexibility index (Phi) is 4.78. The molecule has 2 aromatic carbocycles. The molecule has 2 rings (SSSR count). The second-order valence-corrected chi connectivity index (χ2v) is 6.10. The molecule has 21 heavy (non-hydrogen) atoms. The summed E-state index contributed by atoms with van der Waals surface area (Å²) < 4.78 is 12.7. The molecule has 0 atom stereocenters. The van der Waals surface area contributed by atoms with Gasteiger partial charge in [-0.15, -0.1) is 0 Å². The van der Waals surface area contributed by atoms with E-state index in [9.17, 15) is 0 Å². The number of ether oxygens (including phenoxy) is 2. The molecule has 2 N–H and O–H groups in total. The Hall–Kier alpha value is -1.68. The smallest absolute Gasteiger partial charge is 0.154 e. The van der Waals surface area contributed by atoms with Gasteiger partial charge in [0.25, 0.3) is 0 Å². The van der Waals surface area contributed by atoms with Gasteiger partial charge in [0.1, 0.15) is 17.2 Å². The van der Waals surface area contributed by atoms with Crippen molar-refractivity contribution in [3.63, 3.8) is 0 Å². The van der Waals surface area contributed by atoms with Crippen molar-refractivity contribution in [1.29, 1.82) is 0 Å². The number of anilines is 1. The van der Waals surface area contributed by atoms with Crippen LogP contribution in [0.5, 0.6) is 17.2 Å². The van der Waals surface area contributed by atoms with Crippen molar-refractivity contribution in [2.45, 2.75) is 33.8 Å². The highest BCUT2D eigenvalue weighted by Gasteiger charge is 2.11. The van der Waals surface area contributed by atoms with Gasteiger partial charge in [0.2, 0.25) is 0 Å². The van der Waals surface area contributed by atoms with Crippen LogP contribution in [-0.4, -0.2) is 6.10 Å². The summed E-state index contributed by atoms with van der Waals surface area (Å²) in [6, 6.07) is 9.52. The van der Waals surface area contributed by atoms with E-state index in [4.69, 9.17) is 15.2 Å². The lowest BCUT2D eigenvalue weighted by atomic mass is 10.1. The van der Waals surface area contributed by atoms with Crippen LogP contribution in [0.15, 0.2) is 34.8 Å². The van der Waals surface area contributed by atoms with E-state index in [0.29, 0.717) is 17.2 Å². The van der Waals surface area contributed by atoms with Crippen LogP contribution >= 0.6 is 15.9 Å². The number of nitrogen functional groups attached to an aromatic ring is 1. The van der Waals surface area contributed by atoms with Gasteiger partial charge in [0, 0.05) is 4.47 Å². The van der Waals surface area contributed by atoms with Gasteiger partial charge in [0.15, 0.2) is 5.75 Å². The first kappa shape index (κ1) is 15.7. The lowest BCUT2D eigenvalue weighted by molar-refractivity contribution is 0.243. The summed E-state index contributed by atoms with van der Waals surface area (Å²) in [5, 5.41) is 0. The Morgan fingerprint density at radius 1 is 1.05 bits per heavy atom. The van der Waals surface area contributed by atoms with Gasteiger partial charge in [-0.3, -0.25) is 0 Å². The number of hydrogen-bond donors (Lipinski definition) is 1. The van der Waals surface area contributed by atoms with E-state index in [1.165, 1.54) is 0 Å². The first-order valence-electron chi connectivity index (χ1n) is 6.88. The molecule has 0 aliphatic rings. The molecule has 0 saturated heterocycles. The highest BCUT2D eigenvalue weighted by Crippen LogP contribution is 2.36. The van der Waals surface area contributed by atoms with E-state index in [1.807, 2.05) is 58.0 Å². The molecule has 0 unspecified atom stereocenters. The summed E-state index contributed by atoms with van der Waals surface area (Å²) in [5.74, 6) is 2.02. The van der Waals surface area contributed by atoms with Crippen LogP contribution in [0, 0.1) is 13.8 Å². The van der Waals surface area contributed by atoms with E-state index in [0.717, 1.165) is 21.3 Å². The SMILES string of the molecule is Cc1cc(Oc2cccc(OC(C)C)c2N)cc(C)c1Br. The molecule has 0 spiro atoms. The highest BCUT2D eigenvalue weighted by molar-refractivity contribution is 9.10. The lowest BCUT2D eigenvalue weighted by Gasteiger charge is -2.16. The van der Waals surface area contributed by atoms with Crippen LogP contribution in [0.4, 0.5) is 5.69 Å². The third-order valence-corrected chi connectivity index (χ3v) is 4.28. The predicted octanol–water partition coefficient (Wildman–Crippen LogP) is 5.23. The number of benzene rings is 2. The molecular formula is C17H20BrNO2. The molecule has 4 heteroatoms. The fourth-order valence-electron chi connectivity index (χ4n) is 2.06. The van der Waals surface area contributed by atoms with E-state index in [1.54, 1.807) is 0 Å². The average Bonchev–Trinajstić information content (AvgIpc) is 2.40. The van der Waals surface area contributed by atoms with Crippen molar-refractivity contribution in [1.82, 2.24) is 0 Å². The van der Waals surface area contributed by atoms with Gasteiger partial charge in [-0.05, 0) is 63.1 Å². The van der Waals surface area contributed by atoms with E-state index >= 15 is 0 Å². The molecule has 112 valence electrons. The Balaban J connectivity index is 2.32. The zero-order chi connectivity index (χ0) is 15.6. The molecule has 0 amide bonds. The topological polar surface area (TPSA) is 44.5 Å². The fourth-order valence-corrected chi connectivity index (χ4v) is 2.29. The minimum atomic E-state index is 0.0692. The second-order valence-electron chi connectivity index (χ2n) is 5.31. The Morgan fingerprint density at radius 3 is 2.19 bits per heavy atom. The third-order valence-electron chi connectivity index (χ3n) is 3.03. The largest absolute Gasteiger partial charge is 0.489 e. The first-order valence-corrected chi connectivity index (χ1v) is 7.67. The highest BCUT2D eigenvalue weighted by atomic mass is 79.9. The maximum absolute atomic E-state index is 6.13. The van der Waals surface area contributed by atoms with Gasteiger partial charge >= 0.3 is 0 Å². The number of para-hydroxylation sites is 1. The second kappa shape index (κ2) is 6.39. The van der Waals surface area contributed by atoms with Crippen LogP contribution in [0.3, 0.4) is 0 Å². The van der Waals surface area contributed by atoms with E-state index in [-0.39, 0.29) is 6.10 Å². The van der Waals surface area contributed by atoms with E-state index in [2.05, 4.69) is 15.9 Å². The van der Waals surface area contributed by atoms with Crippen LogP contribution in [0.25, 0.3) is 0 Å². The van der Waals surface area contributed by atoms with Gasteiger partial charge in [-0.2, -0.15) is 0 Å². The van der Waals surface area contributed by atoms with Crippen molar-refractivity contribution < 1.29 is 9.47 Å². The van der Waals surface area contributed by atoms with E-state index < -0.39 is 0 Å². The van der Waals surface area contributed by atoms with Crippen LogP contribution in [-0.2, 0) is 0 Å². The van der Waals surface area contributed by atoms with Crippen molar-refractivity contribution in [2.24, 2.45) is 0 Å². The molecule has 0 fully saturated rings. The minimum absolute atomic E-state index is 0.0692. The molecule has 0 aliphatic carbocycles. The van der Waals surface area contributed by atoms with Gasteiger partial charge in [-0.25, -0.2) is 0 Å². The number of nitrogens with two attached hydrogens (primary N) is 1. The van der Waals surface area contributed by atoms with Crippen LogP contribution in [0.2, 0.25) is 0 Å². The molecule has 0 bridgehead atoms. The molecular weight excluding hydrogens is 330 g/mol. The summed E-state index contributed by atoms with van der Waals surface area (Å²) >= 11 is 3.55. The summed E-state index contributed by atoms with van der Waals surface area (Å²) in [7, 11) is 0. The van der Waals surface area contributed by atoms with Gasteiger partial charge in [-0.1, -0.05) is 22.0 Å². The molecule has 0 aromatic heterocycles. The number of aryl methyl sites for hydroxylation is 2. The average molecular weight is 350 g/mol. The normalized spacial score (nSPS) is 10.8. The van der Waals surface area contributed by atoms with Crippen molar-refractivity contribution in [3.05, 3.63) is 45.9 Å². The summed E-state index contributed by atoms with van der Waals surface area (Å²) in [6.07, 6.45) is 0.0692. The van der Waals surface area contributed by atoms with Crippen molar-refractivity contribution >= 4 is 21.6 Å². The number of halogens is 1. The fraction of sp³-hybridized carbons (Fsp3) is 0.294. The van der Waals surface area contributed by atoms with Crippen LogP contribution < -0.4 is 15.2 Å². The Bertz CT molecular complexity index is 630. The summed E-state index contributed by atoms with van der Waals surface area (Å²) in [6.45, 7) is 8.00. The molecule has 0 saturated carbocycles. The Morgan fingerprint density at radius 2 is 1.62 bits per heavy atom. The molecule has 0 aliphatic heterocycles. The van der Waals surface area contributed by atoms with Crippen molar-refractivity contribution in [3.8, 4) is 17.2 Å². The zero-order valence-electron chi connectivity index (χ0n) is 12.7. The van der Waals surface area contributed by atoms with Crippen LogP contribution in [0.1, 0.15) is 25.0 Å². The molecule has 2 aromatic rings.